The first-order valence-corrected chi connectivity index (χ1v) is 6.43. The third-order valence-electron chi connectivity index (χ3n) is 2.65. The maximum Gasteiger partial charge on any atom is 0.145 e. The van der Waals surface area contributed by atoms with Crippen molar-refractivity contribution >= 4 is 11.6 Å². The van der Waals surface area contributed by atoms with E-state index in [0.29, 0.717) is 24.8 Å². The molecule has 0 bridgehead atoms. The van der Waals surface area contributed by atoms with Crippen LogP contribution in [0.1, 0.15) is 11.4 Å². The van der Waals surface area contributed by atoms with Crippen LogP contribution in [0.4, 0.5) is 11.6 Å². The highest BCUT2D eigenvalue weighted by molar-refractivity contribution is 5.46. The number of hydrazine groups is 1. The SMILES string of the molecule is Cc1cccc(OCCNc2cc(NN)nc(C)n2)c1. The molecule has 2 aromatic rings. The molecule has 106 valence electrons. The van der Waals surface area contributed by atoms with Gasteiger partial charge in [0.1, 0.15) is 29.8 Å². The van der Waals surface area contributed by atoms with Gasteiger partial charge >= 0.3 is 0 Å². The standard InChI is InChI=1S/C14H19N5O/c1-10-4-3-5-12(8-10)20-7-6-16-13-9-14(19-15)18-11(2)17-13/h3-5,8-9H,6-7,15H2,1-2H3,(H2,16,17,18,19). The Hall–Kier alpha value is -2.34. The Labute approximate surface area is 118 Å². The third kappa shape index (κ3) is 4.10. The summed E-state index contributed by atoms with van der Waals surface area (Å²) in [7, 11) is 0. The summed E-state index contributed by atoms with van der Waals surface area (Å²) in [5.41, 5.74) is 3.69. The maximum atomic E-state index is 5.65. The number of hydrogen-bond donors (Lipinski definition) is 3. The fourth-order valence-electron chi connectivity index (χ4n) is 1.79. The summed E-state index contributed by atoms with van der Waals surface area (Å²) in [5, 5.41) is 3.17. The second-order valence-corrected chi connectivity index (χ2v) is 4.42. The lowest BCUT2D eigenvalue weighted by Gasteiger charge is -2.10. The zero-order chi connectivity index (χ0) is 14.4. The van der Waals surface area contributed by atoms with E-state index in [4.69, 9.17) is 10.6 Å². The van der Waals surface area contributed by atoms with Crippen LogP contribution in [0.25, 0.3) is 0 Å². The van der Waals surface area contributed by atoms with Gasteiger partial charge < -0.3 is 15.5 Å². The second kappa shape index (κ2) is 6.72. The van der Waals surface area contributed by atoms with E-state index in [-0.39, 0.29) is 0 Å². The number of benzene rings is 1. The van der Waals surface area contributed by atoms with E-state index >= 15 is 0 Å². The zero-order valence-electron chi connectivity index (χ0n) is 11.7. The quantitative estimate of drug-likeness (QED) is 0.423. The summed E-state index contributed by atoms with van der Waals surface area (Å²) in [6.45, 7) is 5.05. The smallest absolute Gasteiger partial charge is 0.145 e. The van der Waals surface area contributed by atoms with Crippen LogP contribution in [-0.2, 0) is 0 Å². The van der Waals surface area contributed by atoms with Gasteiger partial charge in [-0.25, -0.2) is 15.8 Å². The van der Waals surface area contributed by atoms with Gasteiger partial charge in [0, 0.05) is 6.07 Å². The van der Waals surface area contributed by atoms with E-state index in [0.717, 1.165) is 11.6 Å². The van der Waals surface area contributed by atoms with Gasteiger partial charge in [0.2, 0.25) is 0 Å². The normalized spacial score (nSPS) is 10.2. The molecule has 1 aromatic carbocycles. The van der Waals surface area contributed by atoms with Crippen LogP contribution in [0.15, 0.2) is 30.3 Å². The molecule has 6 nitrogen and oxygen atoms in total. The van der Waals surface area contributed by atoms with Crippen molar-refractivity contribution in [1.82, 2.24) is 9.97 Å². The molecular formula is C14H19N5O. The number of nitrogens with one attached hydrogen (secondary N) is 2. The Bertz CT molecular complexity index is 573. The summed E-state index contributed by atoms with van der Waals surface area (Å²) in [5.74, 6) is 8.17. The van der Waals surface area contributed by atoms with Crippen LogP contribution in [0.2, 0.25) is 0 Å². The molecule has 0 spiro atoms. The number of rotatable bonds is 6. The van der Waals surface area contributed by atoms with Gasteiger partial charge in [0.05, 0.1) is 6.54 Å². The first-order chi connectivity index (χ1) is 9.67. The minimum absolute atomic E-state index is 0.553. The van der Waals surface area contributed by atoms with Crippen molar-refractivity contribution in [2.24, 2.45) is 5.84 Å². The zero-order valence-corrected chi connectivity index (χ0v) is 11.7. The van der Waals surface area contributed by atoms with Crippen LogP contribution < -0.4 is 21.3 Å². The van der Waals surface area contributed by atoms with Crippen molar-refractivity contribution in [3.05, 3.63) is 41.7 Å². The predicted octanol–water partition coefficient (Wildman–Crippen LogP) is 1.87. The third-order valence-corrected chi connectivity index (χ3v) is 2.65. The predicted molar refractivity (Wildman–Crippen MR) is 79.7 cm³/mol. The van der Waals surface area contributed by atoms with Gasteiger partial charge in [-0.15, -0.1) is 0 Å². The van der Waals surface area contributed by atoms with Crippen molar-refractivity contribution < 1.29 is 4.74 Å². The number of nitrogen functional groups attached to an aromatic ring is 1. The molecule has 2 rings (SSSR count). The van der Waals surface area contributed by atoms with E-state index in [9.17, 15) is 0 Å². The van der Waals surface area contributed by atoms with Gasteiger partial charge in [-0.05, 0) is 31.5 Å². The molecule has 1 aromatic heterocycles. The van der Waals surface area contributed by atoms with Crippen LogP contribution in [0, 0.1) is 13.8 Å². The number of nitrogens with zero attached hydrogens (tertiary/aromatic N) is 2. The molecule has 0 unspecified atom stereocenters. The monoisotopic (exact) mass is 273 g/mol. The first kappa shape index (κ1) is 14.1. The van der Waals surface area contributed by atoms with Crippen LogP contribution in [-0.4, -0.2) is 23.1 Å². The molecule has 0 saturated carbocycles. The van der Waals surface area contributed by atoms with E-state index in [1.165, 1.54) is 5.56 Å². The molecule has 0 atom stereocenters. The van der Waals surface area contributed by atoms with Crippen molar-refractivity contribution in [2.45, 2.75) is 13.8 Å². The number of nitrogens with two attached hydrogens (primary N) is 1. The summed E-state index contributed by atoms with van der Waals surface area (Å²) >= 11 is 0. The lowest BCUT2D eigenvalue weighted by molar-refractivity contribution is 0.332. The van der Waals surface area contributed by atoms with Crippen molar-refractivity contribution in [3.8, 4) is 5.75 Å². The molecular weight excluding hydrogens is 254 g/mol. The lowest BCUT2D eigenvalue weighted by Crippen LogP contribution is -2.15. The largest absolute Gasteiger partial charge is 0.492 e. The molecule has 0 amide bonds. The van der Waals surface area contributed by atoms with Crippen molar-refractivity contribution in [1.29, 1.82) is 0 Å². The minimum Gasteiger partial charge on any atom is -0.492 e. The van der Waals surface area contributed by atoms with Gasteiger partial charge in [0.25, 0.3) is 0 Å². The highest BCUT2D eigenvalue weighted by Crippen LogP contribution is 2.12. The fraction of sp³-hybridized carbons (Fsp3) is 0.286. The number of anilines is 2. The van der Waals surface area contributed by atoms with Crippen LogP contribution in [0.5, 0.6) is 5.75 Å². The topological polar surface area (TPSA) is 85.1 Å². The number of aromatic nitrogens is 2. The molecule has 20 heavy (non-hydrogen) atoms. The average Bonchev–Trinajstić information content (AvgIpc) is 2.43. The molecule has 4 N–H and O–H groups in total. The number of ether oxygens (including phenoxy) is 1. The van der Waals surface area contributed by atoms with E-state index in [1.807, 2.05) is 38.1 Å². The molecule has 6 heteroatoms. The first-order valence-electron chi connectivity index (χ1n) is 6.43. The Morgan fingerprint density at radius 2 is 1.95 bits per heavy atom. The second-order valence-electron chi connectivity index (χ2n) is 4.42. The van der Waals surface area contributed by atoms with Crippen LogP contribution >= 0.6 is 0 Å². The summed E-state index contributed by atoms with van der Waals surface area (Å²) in [6.07, 6.45) is 0. The summed E-state index contributed by atoms with van der Waals surface area (Å²) in [6, 6.07) is 9.71. The molecule has 0 radical (unpaired) electrons. The molecule has 0 aliphatic heterocycles. The summed E-state index contributed by atoms with van der Waals surface area (Å²) < 4.78 is 5.65. The number of aryl methyl sites for hydroxylation is 2. The highest BCUT2D eigenvalue weighted by atomic mass is 16.5. The summed E-state index contributed by atoms with van der Waals surface area (Å²) in [4.78, 5) is 8.39. The fourth-order valence-corrected chi connectivity index (χ4v) is 1.79. The van der Waals surface area contributed by atoms with Gasteiger partial charge in [-0.1, -0.05) is 12.1 Å². The van der Waals surface area contributed by atoms with E-state index in [2.05, 4.69) is 20.7 Å². The van der Waals surface area contributed by atoms with Crippen molar-refractivity contribution in [3.63, 3.8) is 0 Å². The Balaban J connectivity index is 1.82. The molecule has 0 fully saturated rings. The lowest BCUT2D eigenvalue weighted by atomic mass is 10.2. The van der Waals surface area contributed by atoms with E-state index < -0.39 is 0 Å². The minimum atomic E-state index is 0.553. The molecule has 1 heterocycles. The highest BCUT2D eigenvalue weighted by Gasteiger charge is 2.00. The van der Waals surface area contributed by atoms with Gasteiger partial charge in [-0.2, -0.15) is 0 Å². The van der Waals surface area contributed by atoms with Gasteiger partial charge in [0.15, 0.2) is 0 Å². The Morgan fingerprint density at radius 1 is 1.15 bits per heavy atom. The Kier molecular flexibility index (Phi) is 4.73. The molecule has 0 saturated heterocycles. The molecule has 0 aliphatic rings. The van der Waals surface area contributed by atoms with Gasteiger partial charge in [-0.3, -0.25) is 0 Å². The molecule has 0 aliphatic carbocycles. The Morgan fingerprint density at radius 3 is 2.70 bits per heavy atom. The number of hydrogen-bond acceptors (Lipinski definition) is 6. The maximum absolute atomic E-state index is 5.65. The average molecular weight is 273 g/mol. The van der Waals surface area contributed by atoms with Crippen molar-refractivity contribution in [2.75, 3.05) is 23.9 Å². The van der Waals surface area contributed by atoms with Crippen LogP contribution in [0.3, 0.4) is 0 Å². The van der Waals surface area contributed by atoms with E-state index in [1.54, 1.807) is 6.07 Å².